The Labute approximate surface area is 250 Å². The maximum atomic E-state index is 12.9. The van der Waals surface area contributed by atoms with Gasteiger partial charge >= 0.3 is 0 Å². The topological polar surface area (TPSA) is 165 Å². The number of nitrogens with one attached hydrogen (secondary N) is 8. The minimum absolute atomic E-state index is 0. The van der Waals surface area contributed by atoms with E-state index in [-0.39, 0.29) is 57.5 Å². The molecule has 244 valence electrons. The molecule has 0 heterocycles. The van der Waals surface area contributed by atoms with Crippen LogP contribution in [0.3, 0.4) is 0 Å². The third-order valence-electron chi connectivity index (χ3n) is 6.55. The van der Waals surface area contributed by atoms with Crippen molar-refractivity contribution in [2.24, 2.45) is 0 Å². The quantitative estimate of drug-likeness (QED) is 0.0720. The highest BCUT2D eigenvalue weighted by atomic mass is 16.2. The third-order valence-corrected chi connectivity index (χ3v) is 6.55. The summed E-state index contributed by atoms with van der Waals surface area (Å²) in [5.41, 5.74) is 0. The number of amides is 4. The van der Waals surface area contributed by atoms with E-state index in [0.29, 0.717) is 38.8 Å². The first-order chi connectivity index (χ1) is 18.8. The van der Waals surface area contributed by atoms with E-state index in [2.05, 4.69) is 42.5 Å². The zero-order valence-corrected chi connectivity index (χ0v) is 25.0. The molecular weight excluding hydrogens is 524 g/mol. The minimum atomic E-state index is -0.715. The Kier molecular flexibility index (Phi) is 30.8. The Morgan fingerprint density at radius 3 is 1.46 bits per heavy atom. The average molecular weight is 589 g/mol. The van der Waals surface area contributed by atoms with E-state index in [0.717, 1.165) is 45.2 Å². The highest BCUT2D eigenvalue weighted by Gasteiger charge is 2.24. The zero-order chi connectivity index (χ0) is 29.3. The molecule has 4 amide bonds. The average Bonchev–Trinajstić information content (AvgIpc) is 2.92. The molecule has 0 rings (SSSR count). The van der Waals surface area contributed by atoms with Crippen molar-refractivity contribution in [1.82, 2.24) is 42.5 Å². The molecule has 0 fully saturated rings. The second-order valence-electron chi connectivity index (χ2n) is 9.72. The van der Waals surface area contributed by atoms with E-state index in [4.69, 9.17) is 0 Å². The van der Waals surface area contributed by atoms with Crippen LogP contribution in [0.25, 0.3) is 0 Å². The van der Waals surface area contributed by atoms with Crippen molar-refractivity contribution < 1.29 is 19.2 Å². The molecule has 0 spiro atoms. The fourth-order valence-electron chi connectivity index (χ4n) is 4.17. The molecule has 0 aromatic heterocycles. The molecule has 0 aliphatic carbocycles. The van der Waals surface area contributed by atoms with Crippen LogP contribution in [0.4, 0.5) is 0 Å². The molecule has 0 aliphatic heterocycles. The van der Waals surface area contributed by atoms with Crippen molar-refractivity contribution >= 4 is 23.6 Å². The number of hydrogen-bond donors (Lipinski definition) is 8. The molecule has 41 heavy (non-hydrogen) atoms. The maximum Gasteiger partial charge on any atom is 0.242 e. The first-order valence-electron chi connectivity index (χ1n) is 14.6. The first kappa shape index (κ1) is 43.2. The second-order valence-corrected chi connectivity index (χ2v) is 9.72. The van der Waals surface area contributed by atoms with Crippen LogP contribution in [-0.4, -0.2) is 103 Å². The Balaban J connectivity index is -0.00000722. The summed E-state index contributed by atoms with van der Waals surface area (Å²) in [6.45, 7) is 4.89. The van der Waals surface area contributed by atoms with Gasteiger partial charge in [-0.3, -0.25) is 19.2 Å². The van der Waals surface area contributed by atoms with Gasteiger partial charge in [0.15, 0.2) is 0 Å². The van der Waals surface area contributed by atoms with E-state index in [1.54, 1.807) is 14.1 Å². The molecule has 0 aliphatic rings. The first-order valence-corrected chi connectivity index (χ1v) is 14.6. The Morgan fingerprint density at radius 1 is 0.537 bits per heavy atom. The normalized spacial score (nSPS) is 12.6. The van der Waals surface area contributed by atoms with E-state index in [1.165, 1.54) is 0 Å². The lowest BCUT2D eigenvalue weighted by Crippen LogP contribution is -2.52. The van der Waals surface area contributed by atoms with Gasteiger partial charge in [-0.1, -0.05) is 27.7 Å². The Morgan fingerprint density at radius 2 is 0.976 bits per heavy atom. The maximum absolute atomic E-state index is 12.9. The van der Waals surface area contributed by atoms with Crippen molar-refractivity contribution in [1.29, 1.82) is 0 Å². The minimum Gasteiger partial charge on any atom is -0.356 e. The summed E-state index contributed by atoms with van der Waals surface area (Å²) in [4.78, 5) is 50.0. The van der Waals surface area contributed by atoms with Gasteiger partial charge in [-0.2, -0.15) is 0 Å². The molecule has 0 aromatic rings. The van der Waals surface area contributed by atoms with E-state index in [1.807, 2.05) is 21.0 Å². The monoisotopic (exact) mass is 589 g/mol. The Hall–Kier alpha value is -2.28. The summed E-state index contributed by atoms with van der Waals surface area (Å²) in [7, 11) is 7.35. The van der Waals surface area contributed by atoms with Gasteiger partial charge < -0.3 is 42.5 Å². The molecule has 8 N–H and O–H groups in total. The molecule has 12 heteroatoms. The molecule has 0 bridgehead atoms. The molecule has 0 saturated carbocycles. The molecule has 3 atom stereocenters. The van der Waals surface area contributed by atoms with Gasteiger partial charge in [-0.05, 0) is 93.1 Å². The van der Waals surface area contributed by atoms with Gasteiger partial charge in [-0.25, -0.2) is 0 Å². The molecule has 12 nitrogen and oxygen atoms in total. The predicted molar refractivity (Wildman–Crippen MR) is 170 cm³/mol. The highest BCUT2D eigenvalue weighted by Crippen LogP contribution is 2.06. The predicted octanol–water partition coefficient (Wildman–Crippen LogP) is 0.628. The highest BCUT2D eigenvalue weighted by molar-refractivity contribution is 5.90. The van der Waals surface area contributed by atoms with Crippen LogP contribution in [-0.2, 0) is 19.2 Å². The van der Waals surface area contributed by atoms with Gasteiger partial charge in [0.2, 0.25) is 23.6 Å². The standard InChI is InChI=1S/C27H56N8O4.2CH4/c1-6-32-24(36)16-20-34-26(38)23(35-27(39)22(31-5)14-8-11-18-29-3)15-9-12-19-33-25(37)21(30-4)13-7-10-17-28-2;;/h21-23,28-31H,6-20H2,1-5H3,(H,32,36)(H,33,37)(H,34,38)(H,35,39);2*1H4/t21-,22-,23-;;/m0../s1. The molecule has 0 saturated heterocycles. The molecular formula is C29H64N8O4. The van der Waals surface area contributed by atoms with Crippen molar-refractivity contribution in [2.75, 3.05) is 60.9 Å². The van der Waals surface area contributed by atoms with Crippen LogP contribution in [0.1, 0.15) is 86.0 Å². The number of hydrogen-bond acceptors (Lipinski definition) is 8. The molecule has 0 aromatic carbocycles. The lowest BCUT2D eigenvalue weighted by Gasteiger charge is -2.22. The van der Waals surface area contributed by atoms with Crippen LogP contribution >= 0.6 is 0 Å². The van der Waals surface area contributed by atoms with Crippen LogP contribution < -0.4 is 42.5 Å². The van der Waals surface area contributed by atoms with Crippen molar-refractivity contribution in [2.45, 2.75) is 104 Å². The van der Waals surface area contributed by atoms with Crippen molar-refractivity contribution in [3.05, 3.63) is 0 Å². The molecule has 0 radical (unpaired) electrons. The second kappa shape index (κ2) is 29.2. The van der Waals surface area contributed by atoms with Gasteiger partial charge in [0.1, 0.15) is 6.04 Å². The number of likely N-dealkylation sites (N-methyl/N-ethyl adjacent to an activating group) is 2. The lowest BCUT2D eigenvalue weighted by molar-refractivity contribution is -0.130. The van der Waals surface area contributed by atoms with E-state index >= 15 is 0 Å². The number of unbranched alkanes of at least 4 members (excludes halogenated alkanes) is 3. The van der Waals surface area contributed by atoms with Crippen LogP contribution in [0.15, 0.2) is 0 Å². The van der Waals surface area contributed by atoms with Gasteiger partial charge in [-0.15, -0.1) is 0 Å². The van der Waals surface area contributed by atoms with Crippen molar-refractivity contribution in [3.8, 4) is 0 Å². The summed E-state index contributed by atoms with van der Waals surface area (Å²) in [5.74, 6) is -0.675. The van der Waals surface area contributed by atoms with Crippen LogP contribution in [0.5, 0.6) is 0 Å². The fraction of sp³-hybridized carbons (Fsp3) is 0.862. The summed E-state index contributed by atoms with van der Waals surface area (Å²) in [6.07, 6.45) is 7.20. The fourth-order valence-corrected chi connectivity index (χ4v) is 4.17. The number of rotatable bonds is 25. The SMILES string of the molecule is C.C.CCNC(=O)CCNC(=O)[C@H](CCCCNC(=O)[C@H](CCCCNC)NC)NC(=O)[C@H](CCCCNC)NC. The largest absolute Gasteiger partial charge is 0.356 e. The van der Waals surface area contributed by atoms with Crippen LogP contribution in [0.2, 0.25) is 0 Å². The lowest BCUT2D eigenvalue weighted by atomic mass is 10.1. The van der Waals surface area contributed by atoms with Gasteiger partial charge in [0.05, 0.1) is 12.1 Å². The summed E-state index contributed by atoms with van der Waals surface area (Å²) in [5, 5.41) is 23.7. The van der Waals surface area contributed by atoms with E-state index in [9.17, 15) is 19.2 Å². The number of carbonyl (C=O) groups is 4. The molecule has 0 unspecified atom stereocenters. The third kappa shape index (κ3) is 22.0. The van der Waals surface area contributed by atoms with Crippen LogP contribution in [0, 0.1) is 0 Å². The van der Waals surface area contributed by atoms with Crippen molar-refractivity contribution in [3.63, 3.8) is 0 Å². The summed E-state index contributed by atoms with van der Waals surface area (Å²) < 4.78 is 0. The van der Waals surface area contributed by atoms with Gasteiger partial charge in [0, 0.05) is 26.1 Å². The van der Waals surface area contributed by atoms with Gasteiger partial charge in [0.25, 0.3) is 0 Å². The Bertz CT molecular complexity index is 681. The smallest absolute Gasteiger partial charge is 0.242 e. The summed E-state index contributed by atoms with van der Waals surface area (Å²) in [6, 6.07) is -1.33. The van der Waals surface area contributed by atoms with E-state index < -0.39 is 12.1 Å². The zero-order valence-electron chi connectivity index (χ0n) is 25.0. The number of carbonyl (C=O) groups excluding carboxylic acids is 4. The summed E-state index contributed by atoms with van der Waals surface area (Å²) >= 11 is 0.